The standard InChI is InChI=1S/C20H22N2O4/c23-19(18-14-9-5-2-6-10-17(14)26-21-18)22-11-15(16(12-22)20(24)25)13-7-3-1-4-8-13/h1,3-4,7-8,15-16H,2,5-6,9-12H2,(H,24,25). The predicted octanol–water partition coefficient (Wildman–Crippen LogP) is 2.88. The van der Waals surface area contributed by atoms with Crippen molar-refractivity contribution in [3.05, 3.63) is 52.9 Å². The fourth-order valence-corrected chi connectivity index (χ4v) is 4.14. The van der Waals surface area contributed by atoms with E-state index in [1.807, 2.05) is 30.3 Å². The quantitative estimate of drug-likeness (QED) is 0.857. The first-order chi connectivity index (χ1) is 12.6. The summed E-state index contributed by atoms with van der Waals surface area (Å²) in [6, 6.07) is 9.56. The lowest BCUT2D eigenvalue weighted by Gasteiger charge is -2.16. The smallest absolute Gasteiger partial charge is 0.308 e. The molecule has 0 spiro atoms. The molecule has 1 aromatic heterocycles. The van der Waals surface area contributed by atoms with Crippen molar-refractivity contribution in [3.8, 4) is 0 Å². The van der Waals surface area contributed by atoms with Gasteiger partial charge in [-0.2, -0.15) is 0 Å². The van der Waals surface area contributed by atoms with Crippen LogP contribution in [0.4, 0.5) is 0 Å². The Bertz CT molecular complexity index is 814. The minimum Gasteiger partial charge on any atom is -0.481 e. The van der Waals surface area contributed by atoms with Crippen LogP contribution in [-0.2, 0) is 17.6 Å². The number of carboxylic acids is 1. The summed E-state index contributed by atoms with van der Waals surface area (Å²) in [7, 11) is 0. The number of benzene rings is 1. The average molecular weight is 354 g/mol. The highest BCUT2D eigenvalue weighted by Gasteiger charge is 2.41. The molecule has 2 aliphatic rings. The Balaban J connectivity index is 1.60. The average Bonchev–Trinajstić information content (AvgIpc) is 3.21. The molecular weight excluding hydrogens is 332 g/mol. The lowest BCUT2D eigenvalue weighted by Crippen LogP contribution is -2.30. The maximum absolute atomic E-state index is 13.0. The second-order valence-electron chi connectivity index (χ2n) is 7.17. The lowest BCUT2D eigenvalue weighted by atomic mass is 9.89. The summed E-state index contributed by atoms with van der Waals surface area (Å²) in [5.74, 6) is -1.07. The maximum atomic E-state index is 13.0. The molecule has 4 rings (SSSR count). The first-order valence-electron chi connectivity index (χ1n) is 9.19. The van der Waals surface area contributed by atoms with Crippen LogP contribution in [0.5, 0.6) is 0 Å². The van der Waals surface area contributed by atoms with Gasteiger partial charge in [-0.25, -0.2) is 0 Å². The molecule has 2 atom stereocenters. The van der Waals surface area contributed by atoms with Crippen LogP contribution < -0.4 is 0 Å². The molecular formula is C20H22N2O4. The fourth-order valence-electron chi connectivity index (χ4n) is 4.14. The normalized spacial score (nSPS) is 22.7. The van der Waals surface area contributed by atoms with Crippen LogP contribution in [0.2, 0.25) is 0 Å². The van der Waals surface area contributed by atoms with Crippen molar-refractivity contribution in [3.63, 3.8) is 0 Å². The van der Waals surface area contributed by atoms with Gasteiger partial charge >= 0.3 is 5.97 Å². The van der Waals surface area contributed by atoms with Gasteiger partial charge in [0, 0.05) is 31.0 Å². The predicted molar refractivity (Wildman–Crippen MR) is 94.0 cm³/mol. The highest BCUT2D eigenvalue weighted by molar-refractivity contribution is 5.94. The van der Waals surface area contributed by atoms with E-state index in [2.05, 4.69) is 5.16 Å². The number of amides is 1. The number of aliphatic carboxylic acids is 1. The second kappa shape index (κ2) is 6.94. The molecule has 26 heavy (non-hydrogen) atoms. The Morgan fingerprint density at radius 3 is 2.62 bits per heavy atom. The monoisotopic (exact) mass is 354 g/mol. The molecule has 2 aromatic rings. The molecule has 6 nitrogen and oxygen atoms in total. The van der Waals surface area contributed by atoms with Crippen molar-refractivity contribution in [2.45, 2.75) is 38.0 Å². The Morgan fingerprint density at radius 1 is 1.08 bits per heavy atom. The molecule has 1 fully saturated rings. The van der Waals surface area contributed by atoms with Crippen LogP contribution in [-0.4, -0.2) is 40.1 Å². The third-order valence-corrected chi connectivity index (χ3v) is 5.55. The number of carboxylic acid groups (broad SMARTS) is 1. The Labute approximate surface area is 151 Å². The van der Waals surface area contributed by atoms with Crippen molar-refractivity contribution in [1.29, 1.82) is 0 Å². The zero-order chi connectivity index (χ0) is 18.1. The van der Waals surface area contributed by atoms with E-state index in [4.69, 9.17) is 4.52 Å². The highest BCUT2D eigenvalue weighted by atomic mass is 16.5. The number of fused-ring (bicyclic) bond motifs is 1. The van der Waals surface area contributed by atoms with E-state index < -0.39 is 11.9 Å². The van der Waals surface area contributed by atoms with E-state index in [1.54, 1.807) is 4.90 Å². The van der Waals surface area contributed by atoms with Crippen LogP contribution in [0.25, 0.3) is 0 Å². The van der Waals surface area contributed by atoms with Gasteiger partial charge in [0.1, 0.15) is 5.76 Å². The Morgan fingerprint density at radius 2 is 1.85 bits per heavy atom. The fraction of sp³-hybridized carbons (Fsp3) is 0.450. The first-order valence-corrected chi connectivity index (χ1v) is 9.19. The van der Waals surface area contributed by atoms with Gasteiger partial charge in [-0.3, -0.25) is 9.59 Å². The van der Waals surface area contributed by atoms with Crippen molar-refractivity contribution in [2.75, 3.05) is 13.1 Å². The topological polar surface area (TPSA) is 83.6 Å². The Hall–Kier alpha value is -2.63. The summed E-state index contributed by atoms with van der Waals surface area (Å²) in [4.78, 5) is 26.4. The zero-order valence-corrected chi connectivity index (χ0v) is 14.6. The summed E-state index contributed by atoms with van der Waals surface area (Å²) in [5.41, 5.74) is 2.25. The molecule has 2 unspecified atom stereocenters. The third kappa shape index (κ3) is 3.00. The number of hydrogen-bond acceptors (Lipinski definition) is 4. The van der Waals surface area contributed by atoms with E-state index in [-0.39, 0.29) is 18.4 Å². The molecule has 1 saturated heterocycles. The molecule has 0 bridgehead atoms. The summed E-state index contributed by atoms with van der Waals surface area (Å²) in [6.45, 7) is 0.594. The molecule has 1 aromatic carbocycles. The molecule has 1 aliphatic carbocycles. The van der Waals surface area contributed by atoms with Gasteiger partial charge in [0.25, 0.3) is 5.91 Å². The number of hydrogen-bond donors (Lipinski definition) is 1. The van der Waals surface area contributed by atoms with Gasteiger partial charge in [0.15, 0.2) is 5.69 Å². The zero-order valence-electron chi connectivity index (χ0n) is 14.6. The first kappa shape index (κ1) is 16.8. The van der Waals surface area contributed by atoms with E-state index in [0.29, 0.717) is 12.2 Å². The number of nitrogens with zero attached hydrogens (tertiary/aromatic N) is 2. The van der Waals surface area contributed by atoms with Crippen molar-refractivity contribution < 1.29 is 19.2 Å². The summed E-state index contributed by atoms with van der Waals surface area (Å²) < 4.78 is 5.42. The Kier molecular flexibility index (Phi) is 4.49. The van der Waals surface area contributed by atoms with Crippen molar-refractivity contribution in [2.24, 2.45) is 5.92 Å². The summed E-state index contributed by atoms with van der Waals surface area (Å²) in [5, 5.41) is 13.7. The summed E-state index contributed by atoms with van der Waals surface area (Å²) >= 11 is 0. The van der Waals surface area contributed by atoms with Crippen LogP contribution in [0.1, 0.15) is 52.6 Å². The summed E-state index contributed by atoms with van der Waals surface area (Å²) in [6.07, 6.45) is 4.83. The molecule has 6 heteroatoms. The van der Waals surface area contributed by atoms with E-state index in [1.165, 1.54) is 0 Å². The SMILES string of the molecule is O=C(O)C1CN(C(=O)c2noc3c2CCCCC3)CC1c1ccccc1. The van der Waals surface area contributed by atoms with Gasteiger partial charge in [-0.15, -0.1) is 0 Å². The van der Waals surface area contributed by atoms with Gasteiger partial charge < -0.3 is 14.5 Å². The molecule has 1 aliphatic heterocycles. The van der Waals surface area contributed by atoms with Gasteiger partial charge in [0.2, 0.25) is 0 Å². The molecule has 136 valence electrons. The molecule has 0 radical (unpaired) electrons. The number of likely N-dealkylation sites (tertiary alicyclic amines) is 1. The van der Waals surface area contributed by atoms with Crippen LogP contribution in [0.3, 0.4) is 0 Å². The van der Waals surface area contributed by atoms with Gasteiger partial charge in [0.05, 0.1) is 5.92 Å². The largest absolute Gasteiger partial charge is 0.481 e. The number of carbonyl (C=O) groups is 2. The van der Waals surface area contributed by atoms with Crippen LogP contribution in [0.15, 0.2) is 34.9 Å². The third-order valence-electron chi connectivity index (χ3n) is 5.55. The van der Waals surface area contributed by atoms with Crippen LogP contribution in [0, 0.1) is 5.92 Å². The van der Waals surface area contributed by atoms with Crippen LogP contribution >= 0.6 is 0 Å². The van der Waals surface area contributed by atoms with E-state index in [9.17, 15) is 14.7 Å². The minimum absolute atomic E-state index is 0.204. The number of carbonyl (C=O) groups excluding carboxylic acids is 1. The number of rotatable bonds is 3. The molecule has 2 heterocycles. The minimum atomic E-state index is -0.867. The molecule has 1 N–H and O–H groups in total. The molecule has 1 amide bonds. The second-order valence-corrected chi connectivity index (χ2v) is 7.17. The van der Waals surface area contributed by atoms with Gasteiger partial charge in [-0.05, 0) is 24.8 Å². The lowest BCUT2D eigenvalue weighted by molar-refractivity contribution is -0.141. The number of aromatic nitrogens is 1. The van der Waals surface area contributed by atoms with E-state index in [0.717, 1.165) is 49.0 Å². The van der Waals surface area contributed by atoms with Crippen molar-refractivity contribution in [1.82, 2.24) is 10.1 Å². The number of aryl methyl sites for hydroxylation is 1. The maximum Gasteiger partial charge on any atom is 0.308 e. The highest BCUT2D eigenvalue weighted by Crippen LogP contribution is 2.34. The van der Waals surface area contributed by atoms with E-state index >= 15 is 0 Å². The van der Waals surface area contributed by atoms with Crippen molar-refractivity contribution >= 4 is 11.9 Å². The molecule has 0 saturated carbocycles. The van der Waals surface area contributed by atoms with Gasteiger partial charge in [-0.1, -0.05) is 41.9 Å².